The van der Waals surface area contributed by atoms with Crippen LogP contribution in [0.25, 0.3) is 5.57 Å². The normalized spacial score (nSPS) is 15.6. The number of ketones is 1. The molecule has 3 atom stereocenters. The van der Waals surface area contributed by atoms with Crippen LogP contribution >= 0.6 is 0 Å². The Morgan fingerprint density at radius 2 is 1.54 bits per heavy atom. The third-order valence-corrected chi connectivity index (χ3v) is 15.8. The first-order valence-corrected chi connectivity index (χ1v) is 22.5. The molecule has 3 aromatic rings. The zero-order valence-corrected chi connectivity index (χ0v) is 36.0. The van der Waals surface area contributed by atoms with Gasteiger partial charge in [-0.05, 0) is 115 Å². The topological polar surface area (TPSA) is 114 Å². The largest absolute Gasteiger partial charge is 0.444 e. The second-order valence-electron chi connectivity index (χ2n) is 16.9. The molecule has 0 unspecified atom stereocenters. The Balaban J connectivity index is 1.45. The van der Waals surface area contributed by atoms with E-state index < -0.39 is 20.5 Å². The maximum atomic E-state index is 14.5. The summed E-state index contributed by atoms with van der Waals surface area (Å²) in [6, 6.07) is 16.1. The average molecular weight is 786 g/mol. The van der Waals surface area contributed by atoms with Gasteiger partial charge in [-0.3, -0.25) is 19.7 Å². The highest BCUT2D eigenvalue weighted by Crippen LogP contribution is 2.39. The average Bonchev–Trinajstić information content (AvgIpc) is 3.56. The van der Waals surface area contributed by atoms with E-state index in [1.165, 1.54) is 12.1 Å². The molecule has 0 radical (unpaired) electrons. The van der Waals surface area contributed by atoms with Crippen LogP contribution < -0.4 is 10.6 Å². The molecule has 3 aromatic carbocycles. The fourth-order valence-corrected chi connectivity index (χ4v) is 7.46. The van der Waals surface area contributed by atoms with Gasteiger partial charge in [0.15, 0.2) is 14.1 Å². The van der Waals surface area contributed by atoms with Gasteiger partial charge in [0.1, 0.15) is 12.4 Å². The van der Waals surface area contributed by atoms with E-state index in [1.807, 2.05) is 40.8 Å². The maximum Gasteiger partial charge on any atom is 0.411 e. The molecule has 1 aliphatic heterocycles. The number of aryl methyl sites for hydroxylation is 2. The number of carbonyl (C=O) groups excluding carboxylic acids is 4. The van der Waals surface area contributed by atoms with Gasteiger partial charge in [-0.25, -0.2) is 9.18 Å². The monoisotopic (exact) mass is 785 g/mol. The van der Waals surface area contributed by atoms with Crippen molar-refractivity contribution in [1.82, 2.24) is 10.2 Å². The SMILES string of the molecule is CC[C@H](C(=O)N[C@@H](C)C(=O)Cc1ccc(COC(=O)Nc2cc(C)c(C)cc2C(=O)N2C=C(c3ccc(F)cc3)C[C@H]2CO[Si](C)(C)C(C)(C)C)cc1)C(C)C. The van der Waals surface area contributed by atoms with E-state index in [4.69, 9.17) is 9.16 Å². The van der Waals surface area contributed by atoms with Gasteiger partial charge in [-0.15, -0.1) is 0 Å². The molecule has 1 heterocycles. The summed E-state index contributed by atoms with van der Waals surface area (Å²) in [5.41, 5.74) is 5.63. The number of nitrogens with one attached hydrogen (secondary N) is 2. The molecule has 0 aliphatic carbocycles. The van der Waals surface area contributed by atoms with Gasteiger partial charge in [0.25, 0.3) is 5.91 Å². The smallest absolute Gasteiger partial charge is 0.411 e. The Bertz CT molecular complexity index is 1920. The third kappa shape index (κ3) is 11.2. The Labute approximate surface area is 333 Å². The van der Waals surface area contributed by atoms with Crippen LogP contribution in [0.3, 0.4) is 0 Å². The van der Waals surface area contributed by atoms with Crippen LogP contribution in [0.5, 0.6) is 0 Å². The summed E-state index contributed by atoms with van der Waals surface area (Å²) in [7, 11) is -2.15. The lowest BCUT2D eigenvalue weighted by molar-refractivity contribution is -0.130. The van der Waals surface area contributed by atoms with Crippen molar-refractivity contribution >= 4 is 43.3 Å². The summed E-state index contributed by atoms with van der Waals surface area (Å²) in [4.78, 5) is 54.9. The molecule has 0 aromatic heterocycles. The van der Waals surface area contributed by atoms with E-state index in [0.29, 0.717) is 30.7 Å². The van der Waals surface area contributed by atoms with Crippen molar-refractivity contribution in [3.05, 3.63) is 106 Å². The molecule has 11 heteroatoms. The molecule has 9 nitrogen and oxygen atoms in total. The number of benzene rings is 3. The highest BCUT2D eigenvalue weighted by molar-refractivity contribution is 6.74. The molecule has 0 bridgehead atoms. The summed E-state index contributed by atoms with van der Waals surface area (Å²) in [6.07, 6.45) is 2.49. The molecular weight excluding hydrogens is 726 g/mol. The zero-order valence-electron chi connectivity index (χ0n) is 35.0. The van der Waals surface area contributed by atoms with Crippen LogP contribution in [0.1, 0.15) is 99.5 Å². The molecular formula is C45H60FN3O6Si. The first kappa shape index (κ1) is 44.1. The highest BCUT2D eigenvalue weighted by atomic mass is 28.4. The quantitative estimate of drug-likeness (QED) is 0.148. The van der Waals surface area contributed by atoms with Crippen molar-refractivity contribution < 1.29 is 32.7 Å². The number of anilines is 1. The third-order valence-electron chi connectivity index (χ3n) is 11.3. The van der Waals surface area contributed by atoms with E-state index in [0.717, 1.165) is 33.4 Å². The standard InChI is InChI=1S/C45H60FN3O6Si/c1-12-38(28(2)3)42(51)47-31(6)41(50)23-32-13-15-33(16-14-32)26-54-44(53)48-40-22-30(5)29(4)21-39(40)43(52)49-25-35(34-17-19-36(46)20-18-34)24-37(49)27-55-56(10,11)45(7,8)9/h13-22,25,28,31,37-38H,12,23-24,26-27H2,1-11H3,(H,47,51)(H,48,53)/t31-,37-,38-/m0/s1. The van der Waals surface area contributed by atoms with Crippen LogP contribution in [0.4, 0.5) is 14.9 Å². The molecule has 3 amide bonds. The van der Waals surface area contributed by atoms with Gasteiger partial charge >= 0.3 is 6.09 Å². The zero-order chi connectivity index (χ0) is 41.5. The summed E-state index contributed by atoms with van der Waals surface area (Å²) in [5.74, 6) is -0.784. The van der Waals surface area contributed by atoms with E-state index in [1.54, 1.807) is 60.4 Å². The van der Waals surface area contributed by atoms with Crippen LogP contribution in [0, 0.1) is 31.5 Å². The first-order chi connectivity index (χ1) is 26.2. The van der Waals surface area contributed by atoms with Gasteiger partial charge in [-0.1, -0.05) is 77.9 Å². The Hall–Kier alpha value is -4.61. The van der Waals surface area contributed by atoms with Crippen molar-refractivity contribution in [2.75, 3.05) is 11.9 Å². The predicted molar refractivity (Wildman–Crippen MR) is 223 cm³/mol. The van der Waals surface area contributed by atoms with Gasteiger partial charge in [0.05, 0.1) is 29.9 Å². The number of amides is 3. The summed E-state index contributed by atoms with van der Waals surface area (Å²) in [6.45, 7) is 22.7. The van der Waals surface area contributed by atoms with Gasteiger partial charge in [0.2, 0.25) is 5.91 Å². The van der Waals surface area contributed by atoms with Crippen molar-refractivity contribution in [2.24, 2.45) is 11.8 Å². The predicted octanol–water partition coefficient (Wildman–Crippen LogP) is 9.77. The van der Waals surface area contributed by atoms with Crippen LogP contribution in [-0.2, 0) is 31.8 Å². The minimum absolute atomic E-state index is 0.0231. The van der Waals surface area contributed by atoms with Crippen molar-refractivity contribution in [1.29, 1.82) is 0 Å². The molecule has 0 saturated heterocycles. The minimum Gasteiger partial charge on any atom is -0.444 e. The maximum absolute atomic E-state index is 14.5. The minimum atomic E-state index is -2.15. The fourth-order valence-electron chi connectivity index (χ4n) is 6.42. The summed E-state index contributed by atoms with van der Waals surface area (Å²) in [5, 5.41) is 5.64. The first-order valence-electron chi connectivity index (χ1n) is 19.6. The lowest BCUT2D eigenvalue weighted by atomic mass is 9.92. The summed E-state index contributed by atoms with van der Waals surface area (Å²) >= 11 is 0. The van der Waals surface area contributed by atoms with E-state index in [9.17, 15) is 23.6 Å². The summed E-state index contributed by atoms with van der Waals surface area (Å²) < 4.78 is 26.0. The number of carbonyl (C=O) groups is 4. The number of Topliss-reactive ketones (excluding diaryl/α,β-unsaturated/α-hetero) is 1. The lowest BCUT2D eigenvalue weighted by Gasteiger charge is -2.38. The number of hydrogen-bond acceptors (Lipinski definition) is 6. The van der Waals surface area contributed by atoms with E-state index >= 15 is 0 Å². The van der Waals surface area contributed by atoms with Crippen molar-refractivity contribution in [2.45, 2.75) is 118 Å². The van der Waals surface area contributed by atoms with E-state index in [-0.39, 0.29) is 59.4 Å². The van der Waals surface area contributed by atoms with Crippen molar-refractivity contribution in [3.8, 4) is 0 Å². The Morgan fingerprint density at radius 1 is 0.929 bits per heavy atom. The second kappa shape index (κ2) is 18.6. The van der Waals surface area contributed by atoms with Gasteiger partial charge in [-0.2, -0.15) is 0 Å². The van der Waals surface area contributed by atoms with Crippen LogP contribution in [0.2, 0.25) is 18.1 Å². The van der Waals surface area contributed by atoms with Gasteiger partial charge < -0.3 is 19.4 Å². The molecule has 0 spiro atoms. The number of nitrogens with zero attached hydrogens (tertiary/aromatic N) is 1. The molecule has 2 N–H and O–H groups in total. The molecule has 0 saturated carbocycles. The second-order valence-corrected chi connectivity index (χ2v) is 21.7. The Kier molecular flexibility index (Phi) is 14.6. The fraction of sp³-hybridized carbons (Fsp3) is 0.467. The number of ether oxygens (including phenoxy) is 1. The van der Waals surface area contributed by atoms with Crippen LogP contribution in [-0.4, -0.2) is 55.6 Å². The number of halogens is 1. The van der Waals surface area contributed by atoms with E-state index in [2.05, 4.69) is 44.5 Å². The highest BCUT2D eigenvalue weighted by Gasteiger charge is 2.40. The molecule has 56 heavy (non-hydrogen) atoms. The molecule has 302 valence electrons. The Morgan fingerprint density at radius 3 is 2.12 bits per heavy atom. The number of rotatable bonds is 15. The molecule has 0 fully saturated rings. The lowest BCUT2D eigenvalue weighted by Crippen LogP contribution is -2.45. The van der Waals surface area contributed by atoms with Crippen LogP contribution in [0.15, 0.2) is 66.9 Å². The molecule has 1 aliphatic rings. The number of hydrogen-bond donors (Lipinski definition) is 2. The molecule has 4 rings (SSSR count). The van der Waals surface area contributed by atoms with Crippen molar-refractivity contribution in [3.63, 3.8) is 0 Å². The van der Waals surface area contributed by atoms with Gasteiger partial charge in [0, 0.05) is 18.5 Å².